The van der Waals surface area contributed by atoms with Crippen molar-refractivity contribution < 1.29 is 10.2 Å². The van der Waals surface area contributed by atoms with E-state index in [1.54, 1.807) is 0 Å². The Morgan fingerprint density at radius 1 is 0.667 bits per heavy atom. The zero-order chi connectivity index (χ0) is 18.7. The van der Waals surface area contributed by atoms with Gasteiger partial charge in [0.05, 0.1) is 12.2 Å². The van der Waals surface area contributed by atoms with E-state index in [2.05, 4.69) is 55.4 Å². The third kappa shape index (κ3) is 6.67. The molecule has 0 aromatic rings. The van der Waals surface area contributed by atoms with Crippen LogP contribution in [-0.2, 0) is 0 Å². The van der Waals surface area contributed by atoms with Gasteiger partial charge in [-0.1, -0.05) is 55.4 Å². The molecule has 2 saturated carbocycles. The fourth-order valence-corrected chi connectivity index (χ4v) is 4.69. The van der Waals surface area contributed by atoms with E-state index in [0.29, 0.717) is 34.5 Å². The Labute approximate surface area is 151 Å². The van der Waals surface area contributed by atoms with Crippen molar-refractivity contribution in [1.82, 2.24) is 0 Å². The van der Waals surface area contributed by atoms with Crippen LogP contribution in [0.3, 0.4) is 0 Å². The van der Waals surface area contributed by atoms with E-state index in [0.717, 1.165) is 12.8 Å². The highest BCUT2D eigenvalue weighted by atomic mass is 16.3. The van der Waals surface area contributed by atoms with Crippen molar-refractivity contribution in [3.05, 3.63) is 0 Å². The molecule has 2 nitrogen and oxygen atoms in total. The highest BCUT2D eigenvalue weighted by Gasteiger charge is 2.35. The van der Waals surface area contributed by atoms with Gasteiger partial charge in [0.15, 0.2) is 0 Å². The van der Waals surface area contributed by atoms with E-state index in [4.69, 9.17) is 0 Å². The maximum atomic E-state index is 9.87. The van der Waals surface area contributed by atoms with E-state index in [9.17, 15) is 10.2 Å². The molecule has 0 aromatic carbocycles. The topological polar surface area (TPSA) is 40.5 Å². The zero-order valence-electron chi connectivity index (χ0n) is 17.6. The largest absolute Gasteiger partial charge is 0.393 e. The fourth-order valence-electron chi connectivity index (χ4n) is 4.69. The number of hydrogen-bond acceptors (Lipinski definition) is 2. The Morgan fingerprint density at radius 3 is 1.17 bits per heavy atom. The molecular weight excluding hydrogens is 296 g/mol. The Bertz CT molecular complexity index is 334. The van der Waals surface area contributed by atoms with Crippen LogP contribution in [-0.4, -0.2) is 22.4 Å². The molecule has 0 aromatic heterocycles. The van der Waals surface area contributed by atoms with E-state index >= 15 is 0 Å². The number of aliphatic hydroxyl groups is 2. The van der Waals surface area contributed by atoms with Crippen molar-refractivity contribution >= 4 is 0 Å². The SMILES string of the molecule is CC(C)[C@@H]1CCC(C)(C)C[C@H]1O.CC(C)[C@H]1CCC(C)(C)C[C@@H]1O. The summed E-state index contributed by atoms with van der Waals surface area (Å²) in [5.41, 5.74) is 0.732. The minimum atomic E-state index is -0.0613. The number of rotatable bonds is 2. The minimum Gasteiger partial charge on any atom is -0.393 e. The van der Waals surface area contributed by atoms with Crippen molar-refractivity contribution in [3.63, 3.8) is 0 Å². The van der Waals surface area contributed by atoms with Crippen molar-refractivity contribution in [2.45, 2.75) is 106 Å². The summed E-state index contributed by atoms with van der Waals surface area (Å²) in [6.07, 6.45) is 6.78. The molecule has 2 aliphatic carbocycles. The third-order valence-electron chi connectivity index (χ3n) is 6.53. The molecule has 2 heteroatoms. The molecule has 2 N–H and O–H groups in total. The molecule has 4 atom stereocenters. The lowest BCUT2D eigenvalue weighted by molar-refractivity contribution is -0.00365. The van der Waals surface area contributed by atoms with Crippen LogP contribution in [0.25, 0.3) is 0 Å². The van der Waals surface area contributed by atoms with Gasteiger partial charge in [-0.2, -0.15) is 0 Å². The second kappa shape index (κ2) is 8.54. The first-order chi connectivity index (χ1) is 10.8. The molecule has 0 radical (unpaired) electrons. The minimum absolute atomic E-state index is 0.0613. The summed E-state index contributed by atoms with van der Waals surface area (Å²) in [6, 6.07) is 0. The molecular formula is C22H44O2. The molecule has 0 aliphatic heterocycles. The average molecular weight is 341 g/mol. The molecule has 2 aliphatic rings. The van der Waals surface area contributed by atoms with Gasteiger partial charge in [0.25, 0.3) is 0 Å². The summed E-state index contributed by atoms with van der Waals surface area (Å²) >= 11 is 0. The number of aliphatic hydroxyl groups excluding tert-OH is 2. The predicted molar refractivity (Wildman–Crippen MR) is 104 cm³/mol. The first-order valence-electron chi connectivity index (χ1n) is 10.2. The van der Waals surface area contributed by atoms with Crippen LogP contribution < -0.4 is 0 Å². The van der Waals surface area contributed by atoms with Crippen LogP contribution >= 0.6 is 0 Å². The first-order valence-corrected chi connectivity index (χ1v) is 10.2. The molecule has 0 unspecified atom stereocenters. The molecule has 0 heterocycles. The highest BCUT2D eigenvalue weighted by Crippen LogP contribution is 2.41. The van der Waals surface area contributed by atoms with E-state index in [1.807, 2.05) is 0 Å². The smallest absolute Gasteiger partial charge is 0.0575 e. The summed E-state index contributed by atoms with van der Waals surface area (Å²) < 4.78 is 0. The van der Waals surface area contributed by atoms with Gasteiger partial charge in [0.1, 0.15) is 0 Å². The van der Waals surface area contributed by atoms with Gasteiger partial charge in [-0.3, -0.25) is 0 Å². The molecule has 144 valence electrons. The van der Waals surface area contributed by atoms with Gasteiger partial charge < -0.3 is 10.2 Å². The van der Waals surface area contributed by atoms with Gasteiger partial charge in [-0.05, 0) is 73.0 Å². The van der Waals surface area contributed by atoms with Gasteiger partial charge in [0, 0.05) is 0 Å². The van der Waals surface area contributed by atoms with Crippen LogP contribution in [0, 0.1) is 34.5 Å². The average Bonchev–Trinajstić information content (AvgIpc) is 2.35. The monoisotopic (exact) mass is 340 g/mol. The van der Waals surface area contributed by atoms with Gasteiger partial charge in [-0.25, -0.2) is 0 Å². The first kappa shape index (κ1) is 22.0. The van der Waals surface area contributed by atoms with Crippen molar-refractivity contribution in [3.8, 4) is 0 Å². The summed E-state index contributed by atoms with van der Waals surface area (Å²) in [7, 11) is 0. The van der Waals surface area contributed by atoms with Crippen LogP contribution in [0.5, 0.6) is 0 Å². The quantitative estimate of drug-likeness (QED) is 0.681. The maximum absolute atomic E-state index is 9.87. The molecule has 2 fully saturated rings. The third-order valence-corrected chi connectivity index (χ3v) is 6.53. The second-order valence-electron chi connectivity index (χ2n) is 10.8. The number of hydrogen-bond donors (Lipinski definition) is 2. The molecule has 24 heavy (non-hydrogen) atoms. The van der Waals surface area contributed by atoms with E-state index < -0.39 is 0 Å². The Hall–Kier alpha value is -0.0800. The molecule has 0 amide bonds. The van der Waals surface area contributed by atoms with Crippen molar-refractivity contribution in [1.29, 1.82) is 0 Å². The van der Waals surface area contributed by atoms with Crippen LogP contribution in [0.15, 0.2) is 0 Å². The standard InChI is InChI=1S/2C11H22O/c2*1-8(2)9-5-6-11(3,4)7-10(9)12/h2*8-10,12H,5-7H2,1-4H3/t2*9-,10+/m10/s1. The Morgan fingerprint density at radius 2 is 0.958 bits per heavy atom. The second-order valence-corrected chi connectivity index (χ2v) is 10.8. The summed E-state index contributed by atoms with van der Waals surface area (Å²) in [6.45, 7) is 17.9. The fraction of sp³-hybridized carbons (Fsp3) is 1.00. The lowest BCUT2D eigenvalue weighted by Crippen LogP contribution is -2.36. The van der Waals surface area contributed by atoms with Gasteiger partial charge in [-0.15, -0.1) is 0 Å². The summed E-state index contributed by atoms with van der Waals surface area (Å²) in [5, 5.41) is 19.7. The molecule has 0 spiro atoms. The maximum Gasteiger partial charge on any atom is 0.0575 e. The summed E-state index contributed by atoms with van der Waals surface area (Å²) in [4.78, 5) is 0. The van der Waals surface area contributed by atoms with Gasteiger partial charge >= 0.3 is 0 Å². The Balaban J connectivity index is 0.000000240. The van der Waals surface area contributed by atoms with Gasteiger partial charge in [0.2, 0.25) is 0 Å². The van der Waals surface area contributed by atoms with E-state index in [1.165, 1.54) is 25.7 Å². The zero-order valence-corrected chi connectivity index (χ0v) is 17.6. The molecule has 2 rings (SSSR count). The van der Waals surface area contributed by atoms with E-state index in [-0.39, 0.29) is 12.2 Å². The lowest BCUT2D eigenvalue weighted by atomic mass is 9.68. The van der Waals surface area contributed by atoms with Crippen molar-refractivity contribution in [2.24, 2.45) is 34.5 Å². The normalized spacial score (nSPS) is 35.5. The predicted octanol–water partition coefficient (Wildman–Crippen LogP) is 5.66. The molecule has 0 bridgehead atoms. The highest BCUT2D eigenvalue weighted by molar-refractivity contribution is 4.86. The molecule has 0 saturated heterocycles. The Kier molecular flexibility index (Phi) is 7.81. The van der Waals surface area contributed by atoms with Crippen LogP contribution in [0.2, 0.25) is 0 Å². The summed E-state index contributed by atoms with van der Waals surface area (Å²) in [5.74, 6) is 2.35. The van der Waals surface area contributed by atoms with Crippen LogP contribution in [0.4, 0.5) is 0 Å². The van der Waals surface area contributed by atoms with Crippen LogP contribution in [0.1, 0.15) is 93.9 Å². The lowest BCUT2D eigenvalue weighted by Gasteiger charge is -2.40. The van der Waals surface area contributed by atoms with Crippen molar-refractivity contribution in [2.75, 3.05) is 0 Å².